The Morgan fingerprint density at radius 1 is 0.480 bits per heavy atom. The number of hydrogen-bond acceptors (Lipinski definition) is 12. The molecule has 3 aromatic heterocycles. The summed E-state index contributed by atoms with van der Waals surface area (Å²) in [6.07, 6.45) is 48.7. The molecule has 6 bridgehead atoms. The van der Waals surface area contributed by atoms with Gasteiger partial charge in [0.2, 0.25) is 0 Å². The van der Waals surface area contributed by atoms with E-state index in [0.29, 0.717) is 47.5 Å². The summed E-state index contributed by atoms with van der Waals surface area (Å²) in [6.45, 7) is 10.2. The second-order valence-electron chi connectivity index (χ2n) is 35.5. The minimum absolute atomic E-state index is 0.00652. The van der Waals surface area contributed by atoms with E-state index in [4.69, 9.17) is 14.2 Å². The van der Waals surface area contributed by atoms with Crippen molar-refractivity contribution >= 4 is 37.9 Å². The number of nitrogens with zero attached hydrogens (tertiary/aromatic N) is 3. The summed E-state index contributed by atoms with van der Waals surface area (Å²) in [5.41, 5.74) is 13.1. The third kappa shape index (κ3) is 9.66. The van der Waals surface area contributed by atoms with Gasteiger partial charge < -0.3 is 45.5 Å². The molecule has 5 saturated carbocycles. The molecular formula is C90H106N6O6. The average Bonchev–Trinajstić information content (AvgIpc) is 1.52. The lowest BCUT2D eigenvalue weighted by atomic mass is 9.56. The van der Waals surface area contributed by atoms with Crippen molar-refractivity contribution < 1.29 is 29.5 Å². The fourth-order valence-electron chi connectivity index (χ4n) is 26.0. The Hall–Kier alpha value is -6.29. The molecule has 9 aliphatic carbocycles. The van der Waals surface area contributed by atoms with E-state index < -0.39 is 17.8 Å². The van der Waals surface area contributed by atoms with Gasteiger partial charge in [0, 0.05) is 89.6 Å². The molecule has 6 N–H and O–H groups in total. The molecule has 20 atom stereocenters. The molecule has 532 valence electrons. The highest BCUT2D eigenvalue weighted by Crippen LogP contribution is 2.74. The number of fused-ring (bicyclic) bond motifs is 6. The second-order valence-corrected chi connectivity index (χ2v) is 35.5. The van der Waals surface area contributed by atoms with Crippen LogP contribution in [-0.4, -0.2) is 123 Å². The highest BCUT2D eigenvalue weighted by atomic mass is 16.5. The van der Waals surface area contributed by atoms with Gasteiger partial charge in [-0.2, -0.15) is 0 Å². The molecular weight excluding hydrogens is 1260 g/mol. The summed E-state index contributed by atoms with van der Waals surface area (Å²) in [6, 6.07) is 27.2. The van der Waals surface area contributed by atoms with E-state index in [9.17, 15) is 15.3 Å². The highest BCUT2D eigenvalue weighted by molar-refractivity contribution is 5.87. The number of allylic oxidation sites excluding steroid dienone is 4. The van der Waals surface area contributed by atoms with Crippen LogP contribution in [0.3, 0.4) is 0 Å². The van der Waals surface area contributed by atoms with Crippen LogP contribution >= 0.6 is 0 Å². The molecule has 21 rings (SSSR count). The van der Waals surface area contributed by atoms with Crippen LogP contribution in [0.4, 0.5) is 0 Å². The van der Waals surface area contributed by atoms with Gasteiger partial charge in [-0.3, -0.25) is 15.0 Å². The minimum Gasteiger partial charge on any atom is -0.390 e. The Bertz CT molecular complexity index is 4630. The van der Waals surface area contributed by atoms with Crippen LogP contribution in [0.25, 0.3) is 37.9 Å². The summed E-state index contributed by atoms with van der Waals surface area (Å²) in [5, 5.41) is 50.1. The lowest BCUT2D eigenvalue weighted by Crippen LogP contribution is -2.59. The fourth-order valence-corrected chi connectivity index (χ4v) is 26.0. The molecule has 6 aromatic rings. The Kier molecular flexibility index (Phi) is 15.7. The van der Waals surface area contributed by atoms with Gasteiger partial charge >= 0.3 is 0 Å². The number of pyridine rings is 3. The van der Waals surface area contributed by atoms with E-state index in [1.54, 1.807) is 5.57 Å². The molecule has 6 spiro atoms. The molecule has 3 saturated heterocycles. The Morgan fingerprint density at radius 3 is 1.64 bits per heavy atom. The number of ether oxygens (including phenoxy) is 3. The van der Waals surface area contributed by atoms with Crippen molar-refractivity contribution in [3.05, 3.63) is 203 Å². The van der Waals surface area contributed by atoms with Crippen molar-refractivity contribution in [1.82, 2.24) is 30.9 Å². The Morgan fingerprint density at radius 2 is 1.02 bits per heavy atom. The summed E-state index contributed by atoms with van der Waals surface area (Å²) >= 11 is 0. The largest absolute Gasteiger partial charge is 0.390 e. The third-order valence-corrected chi connectivity index (χ3v) is 30.8. The molecule has 12 heteroatoms. The summed E-state index contributed by atoms with van der Waals surface area (Å²) < 4.78 is 22.0. The van der Waals surface area contributed by atoms with Crippen LogP contribution in [0.1, 0.15) is 178 Å². The molecule has 0 radical (unpaired) electrons. The van der Waals surface area contributed by atoms with E-state index >= 15 is 0 Å². The normalized spacial score (nSPS) is 41.8. The topological polar surface area (TPSA) is 163 Å². The van der Waals surface area contributed by atoms with Crippen LogP contribution in [0.2, 0.25) is 0 Å². The number of nitrogens with one attached hydrogen (secondary N) is 3. The van der Waals surface area contributed by atoms with Crippen molar-refractivity contribution in [2.75, 3.05) is 40.8 Å². The van der Waals surface area contributed by atoms with Gasteiger partial charge in [0.1, 0.15) is 6.10 Å². The maximum atomic E-state index is 11.1. The molecule has 3 aromatic carbocycles. The number of rotatable bonds is 9. The molecule has 0 amide bonds. The van der Waals surface area contributed by atoms with Crippen molar-refractivity contribution in [2.45, 2.75) is 213 Å². The lowest BCUT2D eigenvalue weighted by molar-refractivity contribution is -0.160. The van der Waals surface area contributed by atoms with Gasteiger partial charge in [0.15, 0.2) is 0 Å². The van der Waals surface area contributed by atoms with Crippen LogP contribution in [0.5, 0.6) is 0 Å². The van der Waals surface area contributed by atoms with Gasteiger partial charge in [0.25, 0.3) is 0 Å². The molecule has 15 aliphatic rings. The second kappa shape index (κ2) is 24.1. The Balaban J connectivity index is 0.000000106. The van der Waals surface area contributed by atoms with E-state index in [2.05, 4.69) is 174 Å². The van der Waals surface area contributed by atoms with Crippen molar-refractivity contribution in [3.63, 3.8) is 0 Å². The zero-order valence-electron chi connectivity index (χ0n) is 61.0. The van der Waals surface area contributed by atoms with E-state index in [1.807, 2.05) is 51.3 Å². The quantitative estimate of drug-likeness (QED) is 0.0814. The van der Waals surface area contributed by atoms with Crippen molar-refractivity contribution in [3.8, 4) is 0 Å². The number of aliphatic hydroxyl groups excluding tert-OH is 3. The number of hydrogen-bond donors (Lipinski definition) is 6. The molecule has 9 heterocycles. The number of benzene rings is 3. The van der Waals surface area contributed by atoms with Gasteiger partial charge in [-0.15, -0.1) is 0 Å². The van der Waals surface area contributed by atoms with E-state index in [-0.39, 0.29) is 56.8 Å². The SMILES string of the molecule is CNC[C@@H]1CC=C2C=C3CC[C@]4(C)[C@@H](c5ccc6ccncc6c5)CC[C@H]4[C@@]34CC[C@]2(C1)O4.CNC[C@H]1C[C@@]23CC[C@@]4(O2)C(=CC3=C[C@@H]1O)CC[C@]1(C)[C@@H](c2ccc3ccncc3c2)CC[C@H]14.CNC[C@H]1C[C@@]23CC[C@@]4(O2)C(=CC[C@]2(C)C(c5ccc6ccncc6c5)=CC[C@H]24)C=C3[C@@H](O)[C@@H]1O. The molecule has 0 unspecified atom stereocenters. The predicted molar refractivity (Wildman–Crippen MR) is 404 cm³/mol. The van der Waals surface area contributed by atoms with Crippen molar-refractivity contribution in [1.29, 1.82) is 0 Å². The van der Waals surface area contributed by atoms with Crippen LogP contribution < -0.4 is 16.0 Å². The fraction of sp³-hybridized carbons (Fsp3) is 0.544. The maximum absolute atomic E-state index is 11.1. The van der Waals surface area contributed by atoms with Gasteiger partial charge in [-0.05, 0) is 311 Å². The zero-order valence-corrected chi connectivity index (χ0v) is 61.0. The lowest BCUT2D eigenvalue weighted by Gasteiger charge is -2.55. The average molecular weight is 1370 g/mol. The molecule has 12 nitrogen and oxygen atoms in total. The number of aliphatic hydroxyl groups is 3. The first kappa shape index (κ1) is 66.4. The standard InChI is InChI=1S/C30H34N2O3.C30H36N2O2.C30H36N2O/c1-28-9-7-22-14-24-27(34)26(33)21(16-31-2)15-29(24)10-11-30(22,35-29)25(28)6-5-23(28)19-4-3-18-8-12-32-17-20(18)13-19;1-28-9-7-23-14-24-15-26(33)22(17-31-2)16-29(24)10-11-30(23,34-29)27(28)6-5-25(28)20-4-3-19-8-12-32-18-21(19)13-20;1-28-11-9-25-16-24-6-3-20(18-31-2)17-29(24)12-13-30(25,33-29)27(28)8-7-26(28)22-5-4-21-10-14-32-19-23(21)15-22/h3-5,7-8,12-14,17,21,25-27,31,33-34H,6,9-11,15-16H2,1-2H3;3-4,8,12-15,18,22,25-27,31,33H,5-7,9-11,16-17H2,1-2H3;4-6,10,14-16,19-20,26-27,31H,3,7-9,11-13,17-18H2,1-2H3/t21-,25-,26-,27-,28-,29-,30-;22-,25-,26+,27-,28-,29-,30-;20-,26-,27-,28-,29-,30-/m111/s1. The van der Waals surface area contributed by atoms with Gasteiger partial charge in [0.05, 0.1) is 45.8 Å². The monoisotopic (exact) mass is 1370 g/mol. The third-order valence-electron chi connectivity index (χ3n) is 30.8. The molecule has 8 fully saturated rings. The summed E-state index contributed by atoms with van der Waals surface area (Å²) in [4.78, 5) is 13.1. The maximum Gasteiger partial charge on any atom is 0.104 e. The zero-order chi connectivity index (χ0) is 69.4. The predicted octanol–water partition coefficient (Wildman–Crippen LogP) is 15.8. The van der Waals surface area contributed by atoms with E-state index in [1.165, 1.54) is 148 Å². The number of aromatic nitrogens is 3. The highest BCUT2D eigenvalue weighted by Gasteiger charge is 2.71. The molecule has 102 heavy (non-hydrogen) atoms. The molecule has 6 aliphatic heterocycles. The van der Waals surface area contributed by atoms with Crippen LogP contribution in [-0.2, 0) is 14.2 Å². The van der Waals surface area contributed by atoms with Crippen LogP contribution in [0, 0.1) is 51.8 Å². The van der Waals surface area contributed by atoms with Gasteiger partial charge in [-0.25, -0.2) is 0 Å². The van der Waals surface area contributed by atoms with Crippen LogP contribution in [0.15, 0.2) is 186 Å². The van der Waals surface area contributed by atoms with E-state index in [0.717, 1.165) is 76.5 Å². The summed E-state index contributed by atoms with van der Waals surface area (Å²) in [7, 11) is 5.97. The van der Waals surface area contributed by atoms with Gasteiger partial charge in [-0.1, -0.05) is 93.6 Å². The first-order valence-corrected chi connectivity index (χ1v) is 39.5. The summed E-state index contributed by atoms with van der Waals surface area (Å²) in [5.74, 6) is 3.63. The Labute approximate surface area is 603 Å². The smallest absolute Gasteiger partial charge is 0.104 e. The van der Waals surface area contributed by atoms with Crippen molar-refractivity contribution in [2.24, 2.45) is 51.8 Å². The minimum atomic E-state index is -0.865. The first-order valence-electron chi connectivity index (χ1n) is 39.5. The first-order chi connectivity index (χ1) is 49.4.